The molecule has 0 radical (unpaired) electrons. The second-order valence-corrected chi connectivity index (χ2v) is 12.9. The van der Waals surface area contributed by atoms with Crippen molar-refractivity contribution in [3.05, 3.63) is 60.8 Å². The number of unbranched alkanes of at least 4 members (excludes halogenated alkanes) is 16. The molecule has 0 saturated carbocycles. The predicted octanol–water partition coefficient (Wildman–Crippen LogP) is 11.0. The van der Waals surface area contributed by atoms with Gasteiger partial charge in [-0.15, -0.1) is 0 Å². The van der Waals surface area contributed by atoms with Crippen LogP contribution in [0, 0.1) is 0 Å². The maximum absolute atomic E-state index is 12.0. The molecule has 0 rings (SSSR count). The number of hydrogen-bond acceptors (Lipinski definition) is 6. The Labute approximate surface area is 294 Å². The summed E-state index contributed by atoms with van der Waals surface area (Å²) in [5.74, 6) is -0.650. The zero-order chi connectivity index (χ0) is 35.2. The van der Waals surface area contributed by atoms with Gasteiger partial charge in [0.15, 0.2) is 0 Å². The van der Waals surface area contributed by atoms with E-state index >= 15 is 0 Å². The zero-order valence-electron chi connectivity index (χ0n) is 30.8. The van der Waals surface area contributed by atoms with Gasteiger partial charge in [0.05, 0.1) is 6.10 Å². The molecule has 0 aliphatic heterocycles. The number of carbonyl (C=O) groups is 2. The van der Waals surface area contributed by atoms with Gasteiger partial charge in [-0.2, -0.15) is 0 Å². The molecule has 6 heteroatoms. The average Bonchev–Trinajstić information content (AvgIpc) is 3.09. The van der Waals surface area contributed by atoms with Crippen molar-refractivity contribution in [2.24, 2.45) is 0 Å². The molecule has 48 heavy (non-hydrogen) atoms. The van der Waals surface area contributed by atoms with Crippen molar-refractivity contribution in [1.82, 2.24) is 0 Å². The quantitative estimate of drug-likeness (QED) is 0.0306. The van der Waals surface area contributed by atoms with E-state index in [1.54, 1.807) is 6.08 Å². The van der Waals surface area contributed by atoms with Crippen molar-refractivity contribution in [2.45, 2.75) is 180 Å². The van der Waals surface area contributed by atoms with Crippen LogP contribution in [0.15, 0.2) is 60.8 Å². The lowest BCUT2D eigenvalue weighted by Crippen LogP contribution is -2.25. The second kappa shape index (κ2) is 37.4. The van der Waals surface area contributed by atoms with E-state index in [2.05, 4.69) is 49.5 Å². The Morgan fingerprint density at radius 1 is 0.521 bits per heavy atom. The molecule has 2 atom stereocenters. The van der Waals surface area contributed by atoms with Gasteiger partial charge in [0, 0.05) is 12.8 Å². The standard InChI is InChI=1S/C42H72O6/c1-3-5-6-7-8-9-10-11-12-13-17-20-23-26-29-32-35-41(45)47-37-40(44)38-48-42(46)36-33-30-27-24-21-18-15-14-16-19-22-25-28-31-34-39(43)4-2/h15-16,18-19,24-25,27-28,31,34,39-40,43-44H,3-14,17,20-23,26,29-30,32-33,35-38H2,1-2H3/b18-15-,19-16-,27-24-,28-25-,34-31+/t39-,40+/m0/s1. The first-order valence-corrected chi connectivity index (χ1v) is 19.4. The van der Waals surface area contributed by atoms with Crippen molar-refractivity contribution in [2.75, 3.05) is 13.2 Å². The number of carbonyl (C=O) groups excluding carboxylic acids is 2. The van der Waals surface area contributed by atoms with Gasteiger partial charge in [0.1, 0.15) is 19.3 Å². The first-order chi connectivity index (χ1) is 23.5. The molecule has 0 heterocycles. The first-order valence-electron chi connectivity index (χ1n) is 19.4. The molecular formula is C42H72O6. The molecule has 0 aliphatic carbocycles. The molecule has 0 aromatic heterocycles. The third-order valence-electron chi connectivity index (χ3n) is 8.17. The average molecular weight is 673 g/mol. The highest BCUT2D eigenvalue weighted by atomic mass is 16.6. The summed E-state index contributed by atoms with van der Waals surface area (Å²) >= 11 is 0. The molecule has 0 aliphatic rings. The zero-order valence-corrected chi connectivity index (χ0v) is 30.8. The highest BCUT2D eigenvalue weighted by Crippen LogP contribution is 2.14. The van der Waals surface area contributed by atoms with Crippen LogP contribution < -0.4 is 0 Å². The fraction of sp³-hybridized carbons (Fsp3) is 0.714. The van der Waals surface area contributed by atoms with Crippen LogP contribution in [-0.4, -0.2) is 47.6 Å². The molecule has 276 valence electrons. The van der Waals surface area contributed by atoms with Gasteiger partial charge in [0.25, 0.3) is 0 Å². The number of aliphatic hydroxyl groups is 2. The summed E-state index contributed by atoms with van der Waals surface area (Å²) in [6.45, 7) is 3.92. The van der Waals surface area contributed by atoms with Crippen molar-refractivity contribution >= 4 is 11.9 Å². The fourth-order valence-electron chi connectivity index (χ4n) is 5.07. The molecule has 0 amide bonds. The lowest BCUT2D eigenvalue weighted by atomic mass is 10.0. The van der Waals surface area contributed by atoms with Gasteiger partial charge in [0.2, 0.25) is 0 Å². The summed E-state index contributed by atoms with van der Waals surface area (Å²) in [6, 6.07) is 0. The Balaban J connectivity index is 3.56. The molecule has 0 aromatic rings. The van der Waals surface area contributed by atoms with Crippen LogP contribution in [-0.2, 0) is 19.1 Å². The van der Waals surface area contributed by atoms with E-state index in [1.807, 2.05) is 19.1 Å². The maximum atomic E-state index is 12.0. The highest BCUT2D eigenvalue weighted by Gasteiger charge is 2.12. The predicted molar refractivity (Wildman–Crippen MR) is 202 cm³/mol. The van der Waals surface area contributed by atoms with E-state index in [0.717, 1.165) is 51.4 Å². The highest BCUT2D eigenvalue weighted by molar-refractivity contribution is 5.69. The summed E-state index contributed by atoms with van der Waals surface area (Å²) in [5.41, 5.74) is 0. The summed E-state index contributed by atoms with van der Waals surface area (Å²) in [6.07, 6.45) is 45.1. The van der Waals surface area contributed by atoms with Gasteiger partial charge >= 0.3 is 11.9 Å². The molecular weight excluding hydrogens is 600 g/mol. The van der Waals surface area contributed by atoms with Crippen molar-refractivity contribution < 1.29 is 29.3 Å². The summed E-state index contributed by atoms with van der Waals surface area (Å²) in [7, 11) is 0. The molecule has 2 N–H and O–H groups in total. The number of ether oxygens (including phenoxy) is 2. The van der Waals surface area contributed by atoms with Gasteiger partial charge in [-0.25, -0.2) is 0 Å². The third-order valence-corrected chi connectivity index (χ3v) is 8.17. The minimum Gasteiger partial charge on any atom is -0.463 e. The van der Waals surface area contributed by atoms with E-state index in [-0.39, 0.29) is 31.3 Å². The minimum atomic E-state index is -0.996. The van der Waals surface area contributed by atoms with Gasteiger partial charge < -0.3 is 19.7 Å². The van der Waals surface area contributed by atoms with Crippen LogP contribution in [0.25, 0.3) is 0 Å². The van der Waals surface area contributed by atoms with Crippen LogP contribution in [0.1, 0.15) is 168 Å². The lowest BCUT2D eigenvalue weighted by molar-refractivity contribution is -0.152. The fourth-order valence-corrected chi connectivity index (χ4v) is 5.07. The Morgan fingerprint density at radius 3 is 1.42 bits per heavy atom. The molecule has 0 spiro atoms. The van der Waals surface area contributed by atoms with E-state index in [1.165, 1.54) is 83.5 Å². The number of allylic oxidation sites excluding steroid dienone is 9. The normalized spacial score (nSPS) is 13.5. The van der Waals surface area contributed by atoms with Crippen LogP contribution in [0.4, 0.5) is 0 Å². The topological polar surface area (TPSA) is 93.1 Å². The van der Waals surface area contributed by atoms with E-state index in [4.69, 9.17) is 9.47 Å². The lowest BCUT2D eigenvalue weighted by Gasteiger charge is -2.12. The Bertz CT molecular complexity index is 871. The van der Waals surface area contributed by atoms with Crippen molar-refractivity contribution in [1.29, 1.82) is 0 Å². The minimum absolute atomic E-state index is 0.142. The monoisotopic (exact) mass is 673 g/mol. The van der Waals surface area contributed by atoms with E-state index in [0.29, 0.717) is 19.3 Å². The van der Waals surface area contributed by atoms with Crippen LogP contribution in [0.5, 0.6) is 0 Å². The molecule has 0 aromatic carbocycles. The summed E-state index contributed by atoms with van der Waals surface area (Å²) in [5, 5.41) is 19.4. The number of rotatable bonds is 34. The largest absolute Gasteiger partial charge is 0.463 e. The second-order valence-electron chi connectivity index (χ2n) is 12.9. The Morgan fingerprint density at radius 2 is 0.938 bits per heavy atom. The van der Waals surface area contributed by atoms with Gasteiger partial charge in [-0.05, 0) is 44.9 Å². The number of esters is 2. The molecule has 0 unspecified atom stereocenters. The maximum Gasteiger partial charge on any atom is 0.305 e. The van der Waals surface area contributed by atoms with Crippen LogP contribution in [0.2, 0.25) is 0 Å². The number of hydrogen-bond donors (Lipinski definition) is 2. The Hall–Kier alpha value is -2.44. The van der Waals surface area contributed by atoms with Crippen LogP contribution >= 0.6 is 0 Å². The van der Waals surface area contributed by atoms with Crippen molar-refractivity contribution in [3.8, 4) is 0 Å². The molecule has 6 nitrogen and oxygen atoms in total. The van der Waals surface area contributed by atoms with Crippen molar-refractivity contribution in [3.63, 3.8) is 0 Å². The Kier molecular flexibility index (Phi) is 35.5. The first kappa shape index (κ1) is 45.6. The SMILES string of the molecule is CCCCCCCCCCCCCCCCCCC(=O)OC[C@@H](O)COC(=O)CCC/C=C\C/C=C\C/C=C\C/C=C\C=C\[C@@H](O)CC. The molecule has 0 bridgehead atoms. The van der Waals surface area contributed by atoms with E-state index < -0.39 is 6.10 Å². The number of aliphatic hydroxyl groups excluding tert-OH is 2. The molecule has 0 fully saturated rings. The third kappa shape index (κ3) is 36.4. The van der Waals surface area contributed by atoms with Gasteiger partial charge in [-0.3, -0.25) is 9.59 Å². The van der Waals surface area contributed by atoms with E-state index in [9.17, 15) is 19.8 Å². The smallest absolute Gasteiger partial charge is 0.305 e. The molecule has 0 saturated heterocycles. The summed E-state index contributed by atoms with van der Waals surface area (Å²) in [4.78, 5) is 23.9. The van der Waals surface area contributed by atoms with Crippen LogP contribution in [0.3, 0.4) is 0 Å². The summed E-state index contributed by atoms with van der Waals surface area (Å²) < 4.78 is 10.3. The van der Waals surface area contributed by atoms with Gasteiger partial charge in [-0.1, -0.05) is 171 Å².